The molecule has 3 N–H and O–H groups in total. The van der Waals surface area contributed by atoms with Crippen molar-refractivity contribution in [2.24, 2.45) is 11.8 Å². The predicted octanol–water partition coefficient (Wildman–Crippen LogP) is 1.29. The van der Waals surface area contributed by atoms with Crippen LogP contribution in [0.5, 0.6) is 5.75 Å². The summed E-state index contributed by atoms with van der Waals surface area (Å²) in [5, 5.41) is 7.87. The normalized spacial score (nSPS) is 22.7. The molecule has 2 fully saturated rings. The van der Waals surface area contributed by atoms with Gasteiger partial charge in [0.1, 0.15) is 17.3 Å². The zero-order chi connectivity index (χ0) is 22.8. The van der Waals surface area contributed by atoms with Crippen molar-refractivity contribution in [2.45, 2.75) is 45.2 Å². The average molecular weight is 431 g/mol. The van der Waals surface area contributed by atoms with Gasteiger partial charge in [0, 0.05) is 18.7 Å². The third kappa shape index (κ3) is 4.65. The highest BCUT2D eigenvalue weighted by molar-refractivity contribution is 6.07. The van der Waals surface area contributed by atoms with Gasteiger partial charge in [-0.3, -0.25) is 19.7 Å². The van der Waals surface area contributed by atoms with E-state index < -0.39 is 17.6 Å². The smallest absolute Gasteiger partial charge is 0.322 e. The van der Waals surface area contributed by atoms with E-state index in [1.807, 2.05) is 13.8 Å². The number of urea groups is 1. The van der Waals surface area contributed by atoms with Crippen molar-refractivity contribution in [1.29, 1.82) is 0 Å². The lowest BCUT2D eigenvalue weighted by atomic mass is 9.79. The largest absolute Gasteiger partial charge is 0.497 e. The van der Waals surface area contributed by atoms with Crippen molar-refractivity contribution in [2.75, 3.05) is 20.2 Å². The Labute approximate surface area is 181 Å². The molecule has 1 aromatic carbocycles. The Bertz CT molecular complexity index is 861. The van der Waals surface area contributed by atoms with Crippen LogP contribution in [0.2, 0.25) is 0 Å². The van der Waals surface area contributed by atoms with Gasteiger partial charge in [-0.2, -0.15) is 0 Å². The van der Waals surface area contributed by atoms with Gasteiger partial charge in [-0.05, 0) is 55.9 Å². The molecule has 2 atom stereocenters. The summed E-state index contributed by atoms with van der Waals surface area (Å²) in [6, 6.07) is 5.57. The van der Waals surface area contributed by atoms with Crippen molar-refractivity contribution in [3.63, 3.8) is 0 Å². The highest BCUT2D eigenvalue weighted by atomic mass is 16.5. The molecule has 0 spiro atoms. The maximum atomic E-state index is 13.2. The number of carbonyl (C=O) groups is 4. The fourth-order valence-corrected chi connectivity index (χ4v) is 4.20. The highest BCUT2D eigenvalue weighted by Gasteiger charge is 2.49. The molecule has 2 aliphatic rings. The van der Waals surface area contributed by atoms with Gasteiger partial charge in [-0.15, -0.1) is 0 Å². The molecule has 0 bridgehead atoms. The Morgan fingerprint density at radius 3 is 2.26 bits per heavy atom. The number of ether oxygens (including phenoxy) is 1. The van der Waals surface area contributed by atoms with Crippen LogP contribution < -0.4 is 20.7 Å². The predicted molar refractivity (Wildman–Crippen MR) is 113 cm³/mol. The van der Waals surface area contributed by atoms with Crippen LogP contribution in [0.1, 0.15) is 44.0 Å². The molecular formula is C22H30N4O5. The molecule has 1 aromatic rings. The minimum atomic E-state index is -0.952. The summed E-state index contributed by atoms with van der Waals surface area (Å²) in [5.41, 5.74) is -0.499. The van der Waals surface area contributed by atoms with Crippen molar-refractivity contribution in [1.82, 2.24) is 20.9 Å². The maximum absolute atomic E-state index is 13.2. The van der Waals surface area contributed by atoms with E-state index in [0.29, 0.717) is 37.2 Å². The minimum Gasteiger partial charge on any atom is -0.497 e. The number of hydrogen-bond acceptors (Lipinski definition) is 5. The first kappa shape index (κ1) is 22.6. The summed E-state index contributed by atoms with van der Waals surface area (Å²) in [6.07, 6.45) is 1.18. The molecule has 5 amide bonds. The maximum Gasteiger partial charge on any atom is 0.322 e. The quantitative estimate of drug-likeness (QED) is 0.588. The average Bonchev–Trinajstić information content (AvgIpc) is 3.03. The molecule has 3 rings (SSSR count). The third-order valence-corrected chi connectivity index (χ3v) is 6.27. The molecule has 2 unspecified atom stereocenters. The lowest BCUT2D eigenvalue weighted by molar-refractivity contribution is -0.136. The van der Waals surface area contributed by atoms with Crippen LogP contribution in [0, 0.1) is 11.8 Å². The number of amides is 5. The summed E-state index contributed by atoms with van der Waals surface area (Å²) >= 11 is 0. The Morgan fingerprint density at radius 1 is 1.16 bits per heavy atom. The van der Waals surface area contributed by atoms with E-state index in [2.05, 4.69) is 16.0 Å². The fourth-order valence-electron chi connectivity index (χ4n) is 4.20. The summed E-state index contributed by atoms with van der Waals surface area (Å²) < 4.78 is 5.11. The van der Waals surface area contributed by atoms with E-state index in [1.165, 1.54) is 0 Å². The van der Waals surface area contributed by atoms with Crippen molar-refractivity contribution in [3.05, 3.63) is 29.8 Å². The van der Waals surface area contributed by atoms with Crippen LogP contribution >= 0.6 is 0 Å². The summed E-state index contributed by atoms with van der Waals surface area (Å²) in [7, 11) is 1.55. The monoisotopic (exact) mass is 430 g/mol. The molecule has 168 valence electrons. The van der Waals surface area contributed by atoms with Crippen molar-refractivity contribution in [3.8, 4) is 5.75 Å². The lowest BCUT2D eigenvalue weighted by Crippen LogP contribution is -2.57. The standard InChI is InChI=1S/C22H30N4O5/c1-13(2)17(23-18(27)14-5-7-16(31-4)8-6-14)19(28)26-11-9-15(10-12-26)22(3)20(29)24-21(30)25-22/h5-8,13,15,17H,9-12H2,1-4H3,(H,23,27)(H2,24,25,29,30). The molecule has 0 aliphatic carbocycles. The number of piperidine rings is 1. The first-order valence-electron chi connectivity index (χ1n) is 10.5. The van der Waals surface area contributed by atoms with Gasteiger partial charge in [-0.25, -0.2) is 4.79 Å². The van der Waals surface area contributed by atoms with E-state index in [1.54, 1.807) is 43.2 Å². The van der Waals surface area contributed by atoms with E-state index in [9.17, 15) is 19.2 Å². The van der Waals surface area contributed by atoms with Gasteiger partial charge >= 0.3 is 6.03 Å². The van der Waals surface area contributed by atoms with Gasteiger partial charge in [-0.1, -0.05) is 13.8 Å². The minimum absolute atomic E-state index is 0.0607. The number of likely N-dealkylation sites (tertiary alicyclic amines) is 1. The molecule has 2 heterocycles. The van der Waals surface area contributed by atoms with Gasteiger partial charge in [0.05, 0.1) is 7.11 Å². The fraction of sp³-hybridized carbons (Fsp3) is 0.545. The Morgan fingerprint density at radius 2 is 1.77 bits per heavy atom. The second kappa shape index (κ2) is 8.95. The Hall–Kier alpha value is -3.10. The van der Waals surface area contributed by atoms with Crippen LogP contribution in [0.3, 0.4) is 0 Å². The molecule has 9 heteroatoms. The zero-order valence-electron chi connectivity index (χ0n) is 18.4. The summed E-state index contributed by atoms with van der Waals surface area (Å²) in [6.45, 7) is 6.43. The first-order valence-corrected chi connectivity index (χ1v) is 10.5. The Kier molecular flexibility index (Phi) is 6.52. The van der Waals surface area contributed by atoms with Crippen LogP contribution in [0.4, 0.5) is 4.79 Å². The molecule has 9 nitrogen and oxygen atoms in total. The number of rotatable bonds is 6. The first-order chi connectivity index (χ1) is 14.7. The van der Waals surface area contributed by atoms with E-state index in [-0.39, 0.29) is 29.6 Å². The molecule has 0 radical (unpaired) electrons. The number of nitrogens with zero attached hydrogens (tertiary/aromatic N) is 1. The Balaban J connectivity index is 1.62. The van der Waals surface area contributed by atoms with Crippen molar-refractivity contribution < 1.29 is 23.9 Å². The molecule has 0 aromatic heterocycles. The number of hydrogen-bond donors (Lipinski definition) is 3. The number of nitrogens with one attached hydrogen (secondary N) is 3. The van der Waals surface area contributed by atoms with E-state index in [4.69, 9.17) is 4.74 Å². The molecule has 2 aliphatic heterocycles. The topological polar surface area (TPSA) is 117 Å². The second-order valence-electron chi connectivity index (χ2n) is 8.63. The molecule has 0 saturated carbocycles. The van der Waals surface area contributed by atoms with Gasteiger partial charge in [0.15, 0.2) is 0 Å². The number of carbonyl (C=O) groups excluding carboxylic acids is 4. The molecular weight excluding hydrogens is 400 g/mol. The van der Waals surface area contributed by atoms with E-state index in [0.717, 1.165) is 0 Å². The van der Waals surface area contributed by atoms with Gasteiger partial charge < -0.3 is 20.3 Å². The number of imide groups is 1. The van der Waals surface area contributed by atoms with Crippen LogP contribution in [0.15, 0.2) is 24.3 Å². The second-order valence-corrected chi connectivity index (χ2v) is 8.63. The van der Waals surface area contributed by atoms with Crippen LogP contribution in [-0.4, -0.2) is 60.4 Å². The SMILES string of the molecule is COc1ccc(C(=O)NC(C(=O)N2CCC(C3(C)NC(=O)NC3=O)CC2)C(C)C)cc1. The van der Waals surface area contributed by atoms with Crippen LogP contribution in [0.25, 0.3) is 0 Å². The number of benzene rings is 1. The number of methoxy groups -OCH3 is 1. The molecule has 2 saturated heterocycles. The summed E-state index contributed by atoms with van der Waals surface area (Å²) in [4.78, 5) is 51.3. The van der Waals surface area contributed by atoms with E-state index >= 15 is 0 Å². The lowest BCUT2D eigenvalue weighted by Gasteiger charge is -2.40. The van der Waals surface area contributed by atoms with Crippen molar-refractivity contribution >= 4 is 23.8 Å². The van der Waals surface area contributed by atoms with Crippen LogP contribution in [-0.2, 0) is 9.59 Å². The van der Waals surface area contributed by atoms with Gasteiger partial charge in [0.2, 0.25) is 5.91 Å². The van der Waals surface area contributed by atoms with Gasteiger partial charge in [0.25, 0.3) is 11.8 Å². The zero-order valence-corrected chi connectivity index (χ0v) is 18.4. The summed E-state index contributed by atoms with van der Waals surface area (Å²) in [5.74, 6) is -0.284. The third-order valence-electron chi connectivity index (χ3n) is 6.27. The molecule has 31 heavy (non-hydrogen) atoms. The highest BCUT2D eigenvalue weighted by Crippen LogP contribution is 2.31.